The predicted octanol–water partition coefficient (Wildman–Crippen LogP) is 3.36. The smallest absolute Gasteiger partial charge is 0.181 e. The monoisotopic (exact) mass is 275 g/mol. The summed E-state index contributed by atoms with van der Waals surface area (Å²) in [5, 5.41) is 0.660. The van der Waals surface area contributed by atoms with Crippen molar-refractivity contribution in [2.45, 2.75) is 26.8 Å². The molecule has 4 heteroatoms. The first-order valence-corrected chi connectivity index (χ1v) is 7.81. The number of nitrogens with zero attached hydrogens (tertiary/aromatic N) is 2. The molecule has 1 unspecified atom stereocenters. The number of anilines is 1. The molecule has 0 saturated carbocycles. The Morgan fingerprint density at radius 3 is 3.05 bits per heavy atom. The number of benzene rings is 1. The molecule has 0 bridgehead atoms. The largest absolute Gasteiger partial charge is 0.375 e. The molecule has 1 aliphatic heterocycles. The fourth-order valence-corrected chi connectivity index (χ4v) is 3.69. The highest BCUT2D eigenvalue weighted by molar-refractivity contribution is 7.22. The van der Waals surface area contributed by atoms with Gasteiger partial charge in [0.2, 0.25) is 0 Å². The van der Waals surface area contributed by atoms with Crippen molar-refractivity contribution in [1.29, 1.82) is 0 Å². The maximum absolute atomic E-state index is 5.75. The van der Waals surface area contributed by atoms with Gasteiger partial charge < -0.3 is 5.73 Å². The van der Waals surface area contributed by atoms with Crippen molar-refractivity contribution >= 4 is 26.7 Å². The lowest BCUT2D eigenvalue weighted by molar-refractivity contribution is 0.297. The van der Waals surface area contributed by atoms with Crippen LogP contribution in [0.3, 0.4) is 0 Å². The van der Waals surface area contributed by atoms with Crippen molar-refractivity contribution in [1.82, 2.24) is 9.88 Å². The van der Waals surface area contributed by atoms with Crippen LogP contribution >= 0.6 is 11.3 Å². The van der Waals surface area contributed by atoms with Gasteiger partial charge in [-0.3, -0.25) is 4.90 Å². The Morgan fingerprint density at radius 2 is 2.32 bits per heavy atom. The van der Waals surface area contributed by atoms with Gasteiger partial charge in [0, 0.05) is 13.1 Å². The van der Waals surface area contributed by atoms with Crippen molar-refractivity contribution in [3.8, 4) is 0 Å². The van der Waals surface area contributed by atoms with Crippen LogP contribution in [0, 0.1) is 11.8 Å². The maximum Gasteiger partial charge on any atom is 0.181 e. The zero-order valence-electron chi connectivity index (χ0n) is 11.6. The van der Waals surface area contributed by atoms with Crippen LogP contribution in [0.5, 0.6) is 0 Å². The van der Waals surface area contributed by atoms with E-state index >= 15 is 0 Å². The zero-order chi connectivity index (χ0) is 13.4. The van der Waals surface area contributed by atoms with Crippen molar-refractivity contribution in [2.75, 3.05) is 18.8 Å². The van der Waals surface area contributed by atoms with E-state index in [1.807, 2.05) is 0 Å². The van der Waals surface area contributed by atoms with E-state index in [0.29, 0.717) is 5.13 Å². The van der Waals surface area contributed by atoms with Crippen LogP contribution in [0.15, 0.2) is 18.2 Å². The minimum atomic E-state index is 0.660. The summed E-state index contributed by atoms with van der Waals surface area (Å²) in [6.07, 6.45) is 1.34. The summed E-state index contributed by atoms with van der Waals surface area (Å²) in [5.41, 5.74) is 8.15. The number of nitrogens with two attached hydrogens (primary N) is 1. The standard InChI is InChI=1S/C15H21N3S/c1-10(2)12-5-6-18(9-12)8-11-3-4-13-14(7-11)19-15(16)17-13/h3-4,7,10,12H,5-6,8-9H2,1-2H3,(H2,16,17). The normalized spacial score (nSPS) is 20.7. The van der Waals surface area contributed by atoms with Crippen LogP contribution in [-0.4, -0.2) is 23.0 Å². The van der Waals surface area contributed by atoms with E-state index in [-0.39, 0.29) is 0 Å². The summed E-state index contributed by atoms with van der Waals surface area (Å²) in [7, 11) is 0. The van der Waals surface area contributed by atoms with E-state index < -0.39 is 0 Å². The van der Waals surface area contributed by atoms with E-state index in [1.54, 1.807) is 11.3 Å². The Labute approximate surface area is 118 Å². The van der Waals surface area contributed by atoms with Gasteiger partial charge in [-0.2, -0.15) is 0 Å². The molecule has 1 atom stereocenters. The average molecular weight is 275 g/mol. The molecule has 1 aromatic heterocycles. The van der Waals surface area contributed by atoms with Gasteiger partial charge in [-0.1, -0.05) is 31.3 Å². The second kappa shape index (κ2) is 5.10. The number of hydrogen-bond acceptors (Lipinski definition) is 4. The SMILES string of the molecule is CC(C)C1CCN(Cc2ccc3nc(N)sc3c2)C1. The van der Waals surface area contributed by atoms with Gasteiger partial charge in [0.25, 0.3) is 0 Å². The number of hydrogen-bond donors (Lipinski definition) is 1. The lowest BCUT2D eigenvalue weighted by Crippen LogP contribution is -2.21. The number of likely N-dealkylation sites (tertiary alicyclic amines) is 1. The summed E-state index contributed by atoms with van der Waals surface area (Å²) < 4.78 is 1.20. The molecule has 0 aliphatic carbocycles. The zero-order valence-corrected chi connectivity index (χ0v) is 12.4. The average Bonchev–Trinajstić information content (AvgIpc) is 2.94. The molecule has 1 aliphatic rings. The third-order valence-corrected chi connectivity index (χ3v) is 4.97. The topological polar surface area (TPSA) is 42.2 Å². The van der Waals surface area contributed by atoms with Gasteiger partial charge in [-0.15, -0.1) is 0 Å². The molecule has 2 heterocycles. The van der Waals surface area contributed by atoms with Crippen LogP contribution in [0.2, 0.25) is 0 Å². The molecule has 102 valence electrons. The Hall–Kier alpha value is -1.13. The lowest BCUT2D eigenvalue weighted by atomic mass is 9.95. The molecule has 0 amide bonds. The fourth-order valence-electron chi connectivity index (χ4n) is 2.89. The Morgan fingerprint density at radius 1 is 1.47 bits per heavy atom. The summed E-state index contributed by atoms with van der Waals surface area (Å²) in [6, 6.07) is 6.52. The first-order chi connectivity index (χ1) is 9.11. The molecule has 1 saturated heterocycles. The molecular formula is C15H21N3S. The first kappa shape index (κ1) is 12.9. The highest BCUT2D eigenvalue weighted by Gasteiger charge is 2.24. The summed E-state index contributed by atoms with van der Waals surface area (Å²) in [5.74, 6) is 1.66. The van der Waals surface area contributed by atoms with E-state index in [1.165, 1.54) is 29.8 Å². The van der Waals surface area contributed by atoms with Crippen LogP contribution < -0.4 is 5.73 Å². The third kappa shape index (κ3) is 2.74. The van der Waals surface area contributed by atoms with Gasteiger partial charge in [0.05, 0.1) is 10.2 Å². The Bertz CT molecular complexity index is 576. The minimum absolute atomic E-state index is 0.660. The van der Waals surface area contributed by atoms with Gasteiger partial charge in [-0.05, 0) is 42.5 Å². The van der Waals surface area contributed by atoms with Crippen LogP contribution in [0.1, 0.15) is 25.8 Å². The number of fused-ring (bicyclic) bond motifs is 1. The molecule has 1 fully saturated rings. The first-order valence-electron chi connectivity index (χ1n) is 6.99. The lowest BCUT2D eigenvalue weighted by Gasteiger charge is -2.17. The summed E-state index contributed by atoms with van der Waals surface area (Å²) in [6.45, 7) is 8.18. The molecule has 2 aromatic rings. The third-order valence-electron chi connectivity index (χ3n) is 4.13. The molecule has 1 aromatic carbocycles. The highest BCUT2D eigenvalue weighted by Crippen LogP contribution is 2.27. The van der Waals surface area contributed by atoms with Crippen molar-refractivity contribution in [3.63, 3.8) is 0 Å². The Balaban J connectivity index is 1.71. The fraction of sp³-hybridized carbons (Fsp3) is 0.533. The molecule has 0 radical (unpaired) electrons. The summed E-state index contributed by atoms with van der Waals surface area (Å²) in [4.78, 5) is 6.87. The van der Waals surface area contributed by atoms with Crippen LogP contribution in [-0.2, 0) is 6.54 Å². The molecule has 3 nitrogen and oxygen atoms in total. The molecule has 0 spiro atoms. The highest BCUT2D eigenvalue weighted by atomic mass is 32.1. The van der Waals surface area contributed by atoms with E-state index in [0.717, 1.165) is 23.9 Å². The molecule has 19 heavy (non-hydrogen) atoms. The van der Waals surface area contributed by atoms with E-state index in [9.17, 15) is 0 Å². The maximum atomic E-state index is 5.75. The molecule has 2 N–H and O–H groups in total. The number of rotatable bonds is 3. The predicted molar refractivity (Wildman–Crippen MR) is 82.3 cm³/mol. The van der Waals surface area contributed by atoms with E-state index in [4.69, 9.17) is 5.73 Å². The van der Waals surface area contributed by atoms with Crippen LogP contribution in [0.25, 0.3) is 10.2 Å². The van der Waals surface area contributed by atoms with Crippen molar-refractivity contribution < 1.29 is 0 Å². The summed E-state index contributed by atoms with van der Waals surface area (Å²) >= 11 is 1.58. The van der Waals surface area contributed by atoms with Gasteiger partial charge >= 0.3 is 0 Å². The van der Waals surface area contributed by atoms with Gasteiger partial charge in [0.1, 0.15) is 0 Å². The van der Waals surface area contributed by atoms with Crippen LogP contribution in [0.4, 0.5) is 5.13 Å². The number of nitrogen functional groups attached to an aromatic ring is 1. The second-order valence-electron chi connectivity index (χ2n) is 5.88. The molecule has 3 rings (SSSR count). The number of aromatic nitrogens is 1. The second-order valence-corrected chi connectivity index (χ2v) is 6.94. The number of thiazole rings is 1. The Kier molecular flexibility index (Phi) is 3.46. The van der Waals surface area contributed by atoms with Gasteiger partial charge in [0.15, 0.2) is 5.13 Å². The van der Waals surface area contributed by atoms with Gasteiger partial charge in [-0.25, -0.2) is 4.98 Å². The van der Waals surface area contributed by atoms with Crippen molar-refractivity contribution in [3.05, 3.63) is 23.8 Å². The van der Waals surface area contributed by atoms with Crippen molar-refractivity contribution in [2.24, 2.45) is 11.8 Å². The minimum Gasteiger partial charge on any atom is -0.375 e. The molecular weight excluding hydrogens is 254 g/mol. The van der Waals surface area contributed by atoms with E-state index in [2.05, 4.69) is 41.9 Å². The quantitative estimate of drug-likeness (QED) is 0.934.